The average Bonchev–Trinajstić information content (AvgIpc) is 2.59. The number of ether oxygens (including phenoxy) is 1. The minimum atomic E-state index is -0.0566. The van der Waals surface area contributed by atoms with Crippen molar-refractivity contribution in [3.05, 3.63) is 35.4 Å². The number of unbranched alkanes of at least 4 members (excludes halogenated alkanes) is 8. The predicted octanol–water partition coefficient (Wildman–Crippen LogP) is 6.60. The number of carbonyl (C=O) groups is 1. The van der Waals surface area contributed by atoms with Gasteiger partial charge in [-0.1, -0.05) is 95.9 Å². The summed E-state index contributed by atoms with van der Waals surface area (Å²) in [4.78, 5) is 11.8. The topological polar surface area (TPSA) is 26.3 Å². The molecule has 24 heavy (non-hydrogen) atoms. The molecule has 0 saturated carbocycles. The molecule has 0 aliphatic carbocycles. The van der Waals surface area contributed by atoms with Gasteiger partial charge in [-0.2, -0.15) is 0 Å². The van der Waals surface area contributed by atoms with E-state index >= 15 is 0 Å². The number of esters is 1. The zero-order valence-corrected chi connectivity index (χ0v) is 15.8. The molecule has 0 aliphatic rings. The minimum Gasteiger partial charge on any atom is -0.461 e. The van der Waals surface area contributed by atoms with E-state index in [0.29, 0.717) is 13.0 Å². The fourth-order valence-electron chi connectivity index (χ4n) is 2.98. The zero-order chi connectivity index (χ0) is 17.5. The molecule has 0 spiro atoms. The summed E-state index contributed by atoms with van der Waals surface area (Å²) in [6.45, 7) is 4.84. The number of benzene rings is 1. The van der Waals surface area contributed by atoms with E-state index in [1.54, 1.807) is 0 Å². The molecule has 0 heterocycles. The van der Waals surface area contributed by atoms with Crippen molar-refractivity contribution in [1.29, 1.82) is 0 Å². The zero-order valence-electron chi connectivity index (χ0n) is 15.8. The summed E-state index contributed by atoms with van der Waals surface area (Å²) < 4.78 is 5.39. The monoisotopic (exact) mass is 332 g/mol. The molecule has 0 aromatic heterocycles. The van der Waals surface area contributed by atoms with E-state index in [-0.39, 0.29) is 5.97 Å². The Bertz CT molecular complexity index is 439. The average molecular weight is 333 g/mol. The van der Waals surface area contributed by atoms with E-state index in [4.69, 9.17) is 4.74 Å². The molecule has 0 atom stereocenters. The second-order valence-electron chi connectivity index (χ2n) is 6.81. The molecule has 1 aromatic carbocycles. The minimum absolute atomic E-state index is 0.0566. The lowest BCUT2D eigenvalue weighted by atomic mass is 10.1. The summed E-state index contributed by atoms with van der Waals surface area (Å²) in [6.07, 6.45) is 14.2. The van der Waals surface area contributed by atoms with Crippen molar-refractivity contribution in [2.24, 2.45) is 0 Å². The Balaban J connectivity index is 2.03. The smallest absolute Gasteiger partial charge is 0.306 e. The van der Waals surface area contributed by atoms with Gasteiger partial charge in [0.25, 0.3) is 0 Å². The maximum atomic E-state index is 11.8. The third-order valence-corrected chi connectivity index (χ3v) is 4.41. The van der Waals surface area contributed by atoms with Gasteiger partial charge in [0, 0.05) is 6.42 Å². The van der Waals surface area contributed by atoms with Gasteiger partial charge < -0.3 is 4.74 Å². The summed E-state index contributed by atoms with van der Waals surface area (Å²) in [5.41, 5.74) is 2.42. The summed E-state index contributed by atoms with van der Waals surface area (Å²) in [5, 5.41) is 0. The van der Waals surface area contributed by atoms with Gasteiger partial charge in [0.15, 0.2) is 0 Å². The largest absolute Gasteiger partial charge is 0.461 e. The Morgan fingerprint density at radius 1 is 0.833 bits per heavy atom. The van der Waals surface area contributed by atoms with E-state index in [0.717, 1.165) is 31.2 Å². The van der Waals surface area contributed by atoms with Gasteiger partial charge in [0.2, 0.25) is 0 Å². The molecular weight excluding hydrogens is 296 g/mol. The van der Waals surface area contributed by atoms with E-state index in [1.165, 1.54) is 50.5 Å². The highest BCUT2D eigenvalue weighted by molar-refractivity contribution is 5.69. The van der Waals surface area contributed by atoms with Crippen molar-refractivity contribution in [3.8, 4) is 0 Å². The van der Waals surface area contributed by atoms with Crippen LogP contribution in [-0.2, 0) is 22.6 Å². The SMILES string of the molecule is CCCCCCCCCCCC(=O)OCc1cccc(CCC)c1. The van der Waals surface area contributed by atoms with Crippen LogP contribution in [0.5, 0.6) is 0 Å². The maximum absolute atomic E-state index is 11.8. The quantitative estimate of drug-likeness (QED) is 0.283. The van der Waals surface area contributed by atoms with Crippen molar-refractivity contribution < 1.29 is 9.53 Å². The number of aryl methyl sites for hydroxylation is 1. The molecule has 0 N–H and O–H groups in total. The van der Waals surface area contributed by atoms with Crippen LogP contribution in [-0.4, -0.2) is 5.97 Å². The molecule has 0 saturated heterocycles. The Labute approximate surface area is 149 Å². The Morgan fingerprint density at radius 3 is 2.12 bits per heavy atom. The maximum Gasteiger partial charge on any atom is 0.306 e. The Morgan fingerprint density at radius 2 is 1.46 bits per heavy atom. The molecule has 0 unspecified atom stereocenters. The molecule has 136 valence electrons. The van der Waals surface area contributed by atoms with Crippen LogP contribution < -0.4 is 0 Å². The van der Waals surface area contributed by atoms with Crippen LogP contribution >= 0.6 is 0 Å². The van der Waals surface area contributed by atoms with Crippen LogP contribution in [0.1, 0.15) is 95.6 Å². The molecule has 2 nitrogen and oxygen atoms in total. The molecule has 0 radical (unpaired) electrons. The van der Waals surface area contributed by atoms with Crippen molar-refractivity contribution in [2.45, 2.75) is 97.5 Å². The van der Waals surface area contributed by atoms with Gasteiger partial charge in [-0.15, -0.1) is 0 Å². The molecule has 0 aliphatic heterocycles. The predicted molar refractivity (Wildman–Crippen MR) is 102 cm³/mol. The third-order valence-electron chi connectivity index (χ3n) is 4.41. The Hall–Kier alpha value is -1.31. The lowest BCUT2D eigenvalue weighted by Gasteiger charge is -2.07. The van der Waals surface area contributed by atoms with Crippen LogP contribution in [0, 0.1) is 0 Å². The van der Waals surface area contributed by atoms with Crippen molar-refractivity contribution in [3.63, 3.8) is 0 Å². The molecule has 0 fully saturated rings. The first-order chi connectivity index (χ1) is 11.8. The molecule has 2 heteroatoms. The van der Waals surface area contributed by atoms with Crippen molar-refractivity contribution in [2.75, 3.05) is 0 Å². The summed E-state index contributed by atoms with van der Waals surface area (Å²) in [6, 6.07) is 8.37. The molecular formula is C22H36O2. The standard InChI is InChI=1S/C22H36O2/c1-3-5-6-7-8-9-10-11-12-17-22(23)24-19-21-16-13-15-20(18-21)14-4-2/h13,15-16,18H,3-12,14,17,19H2,1-2H3. The summed E-state index contributed by atoms with van der Waals surface area (Å²) in [7, 11) is 0. The lowest BCUT2D eigenvalue weighted by molar-refractivity contribution is -0.145. The van der Waals surface area contributed by atoms with Gasteiger partial charge in [-0.3, -0.25) is 4.79 Å². The molecule has 0 bridgehead atoms. The van der Waals surface area contributed by atoms with E-state index in [1.807, 2.05) is 6.07 Å². The summed E-state index contributed by atoms with van der Waals surface area (Å²) in [5.74, 6) is -0.0566. The highest BCUT2D eigenvalue weighted by atomic mass is 16.5. The van der Waals surface area contributed by atoms with E-state index < -0.39 is 0 Å². The first-order valence-electron chi connectivity index (χ1n) is 9.99. The van der Waals surface area contributed by atoms with Gasteiger partial charge in [0.05, 0.1) is 0 Å². The van der Waals surface area contributed by atoms with E-state index in [9.17, 15) is 4.79 Å². The first kappa shape index (κ1) is 20.7. The fourth-order valence-corrected chi connectivity index (χ4v) is 2.98. The second-order valence-corrected chi connectivity index (χ2v) is 6.81. The highest BCUT2D eigenvalue weighted by Crippen LogP contribution is 2.12. The Kier molecular flexibility index (Phi) is 12.2. The van der Waals surface area contributed by atoms with Gasteiger partial charge in [-0.25, -0.2) is 0 Å². The first-order valence-corrected chi connectivity index (χ1v) is 9.99. The van der Waals surface area contributed by atoms with Crippen LogP contribution in [0.3, 0.4) is 0 Å². The third kappa shape index (κ3) is 10.5. The highest BCUT2D eigenvalue weighted by Gasteiger charge is 2.04. The summed E-state index contributed by atoms with van der Waals surface area (Å²) >= 11 is 0. The number of rotatable bonds is 14. The molecule has 1 rings (SSSR count). The number of carbonyl (C=O) groups excluding carboxylic acids is 1. The molecule has 0 amide bonds. The number of hydrogen-bond acceptors (Lipinski definition) is 2. The van der Waals surface area contributed by atoms with Crippen LogP contribution in [0.4, 0.5) is 0 Å². The number of hydrogen-bond donors (Lipinski definition) is 0. The second kappa shape index (κ2) is 14.1. The van der Waals surface area contributed by atoms with Crippen molar-refractivity contribution >= 4 is 5.97 Å². The normalized spacial score (nSPS) is 10.8. The van der Waals surface area contributed by atoms with Crippen molar-refractivity contribution in [1.82, 2.24) is 0 Å². The molecule has 1 aromatic rings. The van der Waals surface area contributed by atoms with Crippen LogP contribution in [0.2, 0.25) is 0 Å². The lowest BCUT2D eigenvalue weighted by Crippen LogP contribution is -2.04. The van der Waals surface area contributed by atoms with Crippen LogP contribution in [0.25, 0.3) is 0 Å². The van der Waals surface area contributed by atoms with Gasteiger partial charge in [0.1, 0.15) is 6.61 Å². The van der Waals surface area contributed by atoms with Gasteiger partial charge in [-0.05, 0) is 24.0 Å². The fraction of sp³-hybridized carbons (Fsp3) is 0.682. The van der Waals surface area contributed by atoms with E-state index in [2.05, 4.69) is 32.0 Å². The van der Waals surface area contributed by atoms with Crippen LogP contribution in [0.15, 0.2) is 24.3 Å². The van der Waals surface area contributed by atoms with Gasteiger partial charge >= 0.3 is 5.97 Å².